The number of hydrogen-bond donors (Lipinski definition) is 1. The Labute approximate surface area is 204 Å². The average Bonchev–Trinajstić information content (AvgIpc) is 3.32. The van der Waals surface area contributed by atoms with E-state index in [-0.39, 0.29) is 10.6 Å². The van der Waals surface area contributed by atoms with Gasteiger partial charge in [0.2, 0.25) is 11.8 Å². The number of aromatic nitrogens is 1. The van der Waals surface area contributed by atoms with Gasteiger partial charge in [-0.25, -0.2) is 4.90 Å². The van der Waals surface area contributed by atoms with E-state index in [1.54, 1.807) is 18.2 Å². The summed E-state index contributed by atoms with van der Waals surface area (Å²) in [5, 5.41) is -0.457. The van der Waals surface area contributed by atoms with E-state index in [4.69, 9.17) is 9.47 Å². The zero-order valence-electron chi connectivity index (χ0n) is 18.2. The highest BCUT2D eigenvalue weighted by molar-refractivity contribution is 8.00. The molecule has 2 aliphatic rings. The van der Waals surface area contributed by atoms with Gasteiger partial charge in [0, 0.05) is 10.8 Å². The minimum atomic E-state index is -4.63. The van der Waals surface area contributed by atoms with Crippen LogP contribution in [0.25, 0.3) is 0 Å². The number of amides is 2. The molecule has 0 bridgehead atoms. The van der Waals surface area contributed by atoms with E-state index in [9.17, 15) is 27.6 Å². The Balaban J connectivity index is 1.63. The second kappa shape index (κ2) is 8.45. The first-order valence-corrected chi connectivity index (χ1v) is 12.0. The van der Waals surface area contributed by atoms with Crippen LogP contribution in [0.15, 0.2) is 52.3 Å². The number of H-pyrrole nitrogens is 1. The maximum atomic E-state index is 13.7. The third-order valence-electron chi connectivity index (χ3n) is 6.02. The lowest BCUT2D eigenvalue weighted by molar-refractivity contribution is -0.137. The molecule has 0 unspecified atom stereocenters. The van der Waals surface area contributed by atoms with Crippen molar-refractivity contribution in [1.29, 1.82) is 0 Å². The number of nitrogens with one attached hydrogen (secondary N) is 1. The Morgan fingerprint density at radius 3 is 2.40 bits per heavy atom. The monoisotopic (exact) mass is 522 g/mol. The fraction of sp³-hybridized carbons (Fsp3) is 0.261. The molecule has 1 saturated heterocycles. The lowest BCUT2D eigenvalue weighted by atomic mass is 9.83. The summed E-state index contributed by atoms with van der Waals surface area (Å²) in [6.45, 7) is 0. The van der Waals surface area contributed by atoms with Crippen molar-refractivity contribution >= 4 is 40.6 Å². The number of carbonyl (C=O) groups is 2. The predicted molar refractivity (Wildman–Crippen MR) is 123 cm³/mol. The molecule has 0 saturated carbocycles. The number of thiazole rings is 1. The van der Waals surface area contributed by atoms with Crippen LogP contribution >= 0.6 is 23.1 Å². The number of benzene rings is 2. The molecule has 182 valence electrons. The van der Waals surface area contributed by atoms with E-state index < -0.39 is 40.6 Å². The molecule has 7 nitrogen and oxygen atoms in total. The van der Waals surface area contributed by atoms with Crippen molar-refractivity contribution in [3.05, 3.63) is 68.1 Å². The van der Waals surface area contributed by atoms with Crippen molar-refractivity contribution in [2.45, 2.75) is 22.4 Å². The molecule has 3 heterocycles. The molecule has 12 heteroatoms. The van der Waals surface area contributed by atoms with E-state index in [0.717, 1.165) is 46.2 Å². The fourth-order valence-corrected chi connectivity index (χ4v) is 7.01. The highest BCUT2D eigenvalue weighted by Crippen LogP contribution is 2.54. The molecule has 1 aromatic heterocycles. The number of nitrogens with zero attached hydrogens (tertiary/aromatic N) is 1. The van der Waals surface area contributed by atoms with Gasteiger partial charge in [0.05, 0.1) is 36.4 Å². The predicted octanol–water partition coefficient (Wildman–Crippen LogP) is 4.27. The third-order valence-corrected chi connectivity index (χ3v) is 8.42. The number of hydrogen-bond acceptors (Lipinski definition) is 7. The highest BCUT2D eigenvalue weighted by Gasteiger charge is 2.56. The molecule has 5 rings (SSSR count). The van der Waals surface area contributed by atoms with Crippen LogP contribution in [0.5, 0.6) is 11.5 Å². The van der Waals surface area contributed by atoms with Gasteiger partial charge in [-0.1, -0.05) is 35.2 Å². The number of halogens is 3. The SMILES string of the molecule is COc1ccc([C@@H]2c3sc(=O)[nH]c3S[C@H]3C(=O)N(c4cccc(C(F)(F)F)c4)C(=O)[C@@H]23)cc1OC. The van der Waals surface area contributed by atoms with E-state index in [1.165, 1.54) is 20.3 Å². The molecule has 0 spiro atoms. The number of rotatable bonds is 4. The largest absolute Gasteiger partial charge is 0.493 e. The maximum Gasteiger partial charge on any atom is 0.416 e. The summed E-state index contributed by atoms with van der Waals surface area (Å²) in [5.41, 5.74) is -0.493. The van der Waals surface area contributed by atoms with Gasteiger partial charge in [-0.3, -0.25) is 14.4 Å². The van der Waals surface area contributed by atoms with E-state index in [0.29, 0.717) is 27.0 Å². The average molecular weight is 523 g/mol. The number of methoxy groups -OCH3 is 2. The first kappa shape index (κ1) is 23.5. The zero-order valence-corrected chi connectivity index (χ0v) is 19.8. The molecule has 35 heavy (non-hydrogen) atoms. The molecular formula is C23H17F3N2O5S2. The molecule has 2 aromatic carbocycles. The van der Waals surface area contributed by atoms with Crippen LogP contribution in [0.1, 0.15) is 21.9 Å². The summed E-state index contributed by atoms with van der Waals surface area (Å²) < 4.78 is 50.5. The minimum Gasteiger partial charge on any atom is -0.493 e. The number of thioether (sulfide) groups is 1. The number of aromatic amines is 1. The molecule has 2 amide bonds. The van der Waals surface area contributed by atoms with Crippen molar-refractivity contribution in [3.63, 3.8) is 0 Å². The lowest BCUT2D eigenvalue weighted by Crippen LogP contribution is -2.32. The van der Waals surface area contributed by atoms with E-state index in [1.807, 2.05) is 0 Å². The van der Waals surface area contributed by atoms with Gasteiger partial charge in [0.25, 0.3) is 0 Å². The molecule has 0 radical (unpaired) electrons. The molecular weight excluding hydrogens is 505 g/mol. The Hall–Kier alpha value is -3.25. The van der Waals surface area contributed by atoms with Crippen LogP contribution in [0, 0.1) is 5.92 Å². The normalized spacial score (nSPS) is 21.6. The van der Waals surface area contributed by atoms with Crippen molar-refractivity contribution < 1.29 is 32.2 Å². The van der Waals surface area contributed by atoms with Crippen LogP contribution < -0.4 is 19.2 Å². The molecule has 1 fully saturated rings. The zero-order chi connectivity index (χ0) is 25.1. The second-order valence-electron chi connectivity index (χ2n) is 7.92. The van der Waals surface area contributed by atoms with Gasteiger partial charge in [0.15, 0.2) is 11.5 Å². The van der Waals surface area contributed by atoms with Crippen LogP contribution in [0.4, 0.5) is 18.9 Å². The van der Waals surface area contributed by atoms with Crippen LogP contribution in [-0.2, 0) is 15.8 Å². The highest BCUT2D eigenvalue weighted by atomic mass is 32.2. The van der Waals surface area contributed by atoms with Crippen LogP contribution in [0.3, 0.4) is 0 Å². The molecule has 2 aliphatic heterocycles. The molecule has 3 aromatic rings. The van der Waals surface area contributed by atoms with E-state index >= 15 is 0 Å². The summed E-state index contributed by atoms with van der Waals surface area (Å²) >= 11 is 1.99. The number of anilines is 1. The maximum absolute atomic E-state index is 13.7. The third kappa shape index (κ3) is 3.80. The molecule has 3 atom stereocenters. The lowest BCUT2D eigenvalue weighted by Gasteiger charge is -2.30. The van der Waals surface area contributed by atoms with Gasteiger partial charge in [-0.05, 0) is 35.9 Å². The number of fused-ring (bicyclic) bond motifs is 2. The summed E-state index contributed by atoms with van der Waals surface area (Å²) in [5.74, 6) is -2.02. The fourth-order valence-electron chi connectivity index (χ4n) is 4.50. The van der Waals surface area contributed by atoms with Crippen LogP contribution in [-0.4, -0.2) is 36.3 Å². The summed E-state index contributed by atoms with van der Waals surface area (Å²) in [7, 11) is 2.94. The first-order valence-electron chi connectivity index (χ1n) is 10.3. The minimum absolute atomic E-state index is 0.146. The number of alkyl halides is 3. The van der Waals surface area contributed by atoms with Gasteiger partial charge < -0.3 is 14.5 Å². The summed E-state index contributed by atoms with van der Waals surface area (Å²) in [4.78, 5) is 43.0. The Kier molecular flexibility index (Phi) is 5.67. The Morgan fingerprint density at radius 1 is 0.971 bits per heavy atom. The van der Waals surface area contributed by atoms with E-state index in [2.05, 4.69) is 4.98 Å². The topological polar surface area (TPSA) is 88.7 Å². The van der Waals surface area contributed by atoms with Crippen molar-refractivity contribution in [2.75, 3.05) is 19.1 Å². The number of ether oxygens (including phenoxy) is 2. The van der Waals surface area contributed by atoms with Crippen molar-refractivity contribution in [3.8, 4) is 11.5 Å². The molecule has 1 N–H and O–H groups in total. The standard InChI is InChI=1S/C23H17F3N2O5S2/c1-32-13-7-6-10(8-14(13)33-2)15-16-18(34-19-17(15)35-22(31)27-19)21(30)28(20(16)29)12-5-3-4-11(9-12)23(24,25)26/h3-9,15-16,18H,1-2H3,(H,27,31)/t15-,16-,18+/m0/s1. The quantitative estimate of drug-likeness (QED) is 0.515. The van der Waals surface area contributed by atoms with Gasteiger partial charge >= 0.3 is 11.0 Å². The van der Waals surface area contributed by atoms with Gasteiger partial charge in [0.1, 0.15) is 5.25 Å². The Bertz CT molecular complexity index is 1400. The summed E-state index contributed by atoms with van der Waals surface area (Å²) in [6.07, 6.45) is -4.63. The van der Waals surface area contributed by atoms with Gasteiger partial charge in [-0.15, -0.1) is 0 Å². The van der Waals surface area contributed by atoms with Crippen LogP contribution in [0.2, 0.25) is 0 Å². The summed E-state index contributed by atoms with van der Waals surface area (Å²) in [6, 6.07) is 9.19. The van der Waals surface area contributed by atoms with Crippen molar-refractivity contribution in [1.82, 2.24) is 4.98 Å². The smallest absolute Gasteiger partial charge is 0.416 e. The second-order valence-corrected chi connectivity index (χ2v) is 10.1. The Morgan fingerprint density at radius 2 is 1.71 bits per heavy atom. The number of carbonyl (C=O) groups excluding carboxylic acids is 2. The van der Waals surface area contributed by atoms with Gasteiger partial charge in [-0.2, -0.15) is 13.2 Å². The first-order chi connectivity index (χ1) is 16.6. The molecule has 0 aliphatic carbocycles. The number of imide groups is 1. The van der Waals surface area contributed by atoms with Crippen molar-refractivity contribution in [2.24, 2.45) is 5.92 Å².